The van der Waals surface area contributed by atoms with Crippen LogP contribution in [0.5, 0.6) is 0 Å². The highest BCUT2D eigenvalue weighted by Crippen LogP contribution is 2.08. The Morgan fingerprint density at radius 2 is 1.93 bits per heavy atom. The molecule has 78 valence electrons. The lowest BCUT2D eigenvalue weighted by atomic mass is 10.1. The van der Waals surface area contributed by atoms with Gasteiger partial charge < -0.3 is 9.84 Å². The van der Waals surface area contributed by atoms with Crippen molar-refractivity contribution in [1.82, 2.24) is 0 Å². The van der Waals surface area contributed by atoms with Crippen LogP contribution >= 0.6 is 0 Å². The van der Waals surface area contributed by atoms with E-state index in [2.05, 4.69) is 13.2 Å². The summed E-state index contributed by atoms with van der Waals surface area (Å²) in [6, 6.07) is 0. The standard InChI is InChI=1S/C10H14O4/c1-6(2)10(13)14-8(4)5-7(3)9(11)12/h8H,1,3,5H2,2,4H3,(H,11,12). The number of carboxylic acid groups (broad SMARTS) is 1. The monoisotopic (exact) mass is 198 g/mol. The predicted octanol–water partition coefficient (Wildman–Crippen LogP) is 1.53. The van der Waals surface area contributed by atoms with Crippen LogP contribution in [0.4, 0.5) is 0 Å². The fourth-order valence-corrected chi connectivity index (χ4v) is 0.759. The van der Waals surface area contributed by atoms with Crippen molar-refractivity contribution in [2.45, 2.75) is 26.4 Å². The molecule has 0 radical (unpaired) electrons. The highest BCUT2D eigenvalue weighted by atomic mass is 16.5. The number of esters is 1. The Hall–Kier alpha value is -1.58. The van der Waals surface area contributed by atoms with Crippen LogP contribution in [0.25, 0.3) is 0 Å². The molecule has 0 aliphatic carbocycles. The van der Waals surface area contributed by atoms with E-state index in [1.807, 2.05) is 0 Å². The third-order valence-corrected chi connectivity index (χ3v) is 1.49. The lowest BCUT2D eigenvalue weighted by Gasteiger charge is -2.12. The lowest BCUT2D eigenvalue weighted by molar-refractivity contribution is -0.144. The van der Waals surface area contributed by atoms with E-state index in [-0.39, 0.29) is 17.6 Å². The van der Waals surface area contributed by atoms with Gasteiger partial charge in [-0.05, 0) is 13.8 Å². The topological polar surface area (TPSA) is 63.6 Å². The van der Waals surface area contributed by atoms with Crippen LogP contribution in [-0.4, -0.2) is 23.1 Å². The van der Waals surface area contributed by atoms with E-state index >= 15 is 0 Å². The van der Waals surface area contributed by atoms with Gasteiger partial charge in [0.2, 0.25) is 0 Å². The van der Waals surface area contributed by atoms with Crippen LogP contribution in [0.1, 0.15) is 20.3 Å². The van der Waals surface area contributed by atoms with Gasteiger partial charge in [0.15, 0.2) is 0 Å². The summed E-state index contributed by atoms with van der Waals surface area (Å²) in [5.41, 5.74) is 0.310. The molecule has 1 atom stereocenters. The maximum absolute atomic E-state index is 11.0. The van der Waals surface area contributed by atoms with E-state index in [1.165, 1.54) is 6.92 Å². The predicted molar refractivity (Wildman–Crippen MR) is 51.8 cm³/mol. The number of carbonyl (C=O) groups excluding carboxylic acids is 1. The molecule has 0 aromatic heterocycles. The molecule has 0 spiro atoms. The first kappa shape index (κ1) is 12.4. The van der Waals surface area contributed by atoms with E-state index in [0.717, 1.165) is 0 Å². The second-order valence-corrected chi connectivity index (χ2v) is 3.11. The summed E-state index contributed by atoms with van der Waals surface area (Å²) in [5, 5.41) is 8.52. The molecule has 4 nitrogen and oxygen atoms in total. The molecule has 0 bridgehead atoms. The highest BCUT2D eigenvalue weighted by molar-refractivity contribution is 5.87. The van der Waals surface area contributed by atoms with Crippen LogP contribution in [0, 0.1) is 0 Å². The Kier molecular flexibility index (Phi) is 4.63. The summed E-state index contributed by atoms with van der Waals surface area (Å²) in [4.78, 5) is 21.4. The molecule has 1 N–H and O–H groups in total. The van der Waals surface area contributed by atoms with E-state index in [4.69, 9.17) is 9.84 Å². The molecule has 1 unspecified atom stereocenters. The first-order valence-electron chi connectivity index (χ1n) is 4.12. The Morgan fingerprint density at radius 3 is 2.29 bits per heavy atom. The molecule has 0 heterocycles. The summed E-state index contributed by atoms with van der Waals surface area (Å²) < 4.78 is 4.87. The van der Waals surface area contributed by atoms with Gasteiger partial charge in [-0.25, -0.2) is 9.59 Å². The molecular formula is C10H14O4. The van der Waals surface area contributed by atoms with E-state index in [1.54, 1.807) is 6.92 Å². The van der Waals surface area contributed by atoms with Gasteiger partial charge in [0.1, 0.15) is 6.10 Å². The van der Waals surface area contributed by atoms with Gasteiger partial charge in [-0.1, -0.05) is 13.2 Å². The van der Waals surface area contributed by atoms with Crippen molar-refractivity contribution in [3.63, 3.8) is 0 Å². The van der Waals surface area contributed by atoms with Gasteiger partial charge in [-0.15, -0.1) is 0 Å². The fraction of sp³-hybridized carbons (Fsp3) is 0.400. The molecule has 0 rings (SSSR count). The van der Waals surface area contributed by atoms with Crippen molar-refractivity contribution >= 4 is 11.9 Å². The van der Waals surface area contributed by atoms with Crippen LogP contribution < -0.4 is 0 Å². The number of carbonyl (C=O) groups is 2. The minimum Gasteiger partial charge on any atom is -0.478 e. The summed E-state index contributed by atoms with van der Waals surface area (Å²) >= 11 is 0. The first-order chi connectivity index (χ1) is 6.34. The summed E-state index contributed by atoms with van der Waals surface area (Å²) in [6.07, 6.45) is -0.378. The number of rotatable bonds is 5. The Labute approximate surface area is 82.9 Å². The number of hydrogen-bond acceptors (Lipinski definition) is 3. The van der Waals surface area contributed by atoms with Gasteiger partial charge in [0, 0.05) is 17.6 Å². The summed E-state index contributed by atoms with van der Waals surface area (Å²) in [6.45, 7) is 9.88. The second kappa shape index (κ2) is 5.21. The second-order valence-electron chi connectivity index (χ2n) is 3.11. The number of aliphatic carboxylic acids is 1. The van der Waals surface area contributed by atoms with E-state index in [0.29, 0.717) is 0 Å². The molecule has 0 amide bonds. The van der Waals surface area contributed by atoms with Crippen molar-refractivity contribution in [3.05, 3.63) is 24.3 Å². The third-order valence-electron chi connectivity index (χ3n) is 1.49. The molecule has 4 heteroatoms. The molecule has 0 fully saturated rings. The van der Waals surface area contributed by atoms with Crippen molar-refractivity contribution < 1.29 is 19.4 Å². The zero-order valence-electron chi connectivity index (χ0n) is 8.37. The van der Waals surface area contributed by atoms with Crippen molar-refractivity contribution in [2.75, 3.05) is 0 Å². The molecule has 0 aliphatic rings. The maximum atomic E-state index is 11.0. The maximum Gasteiger partial charge on any atom is 0.333 e. The molecule has 14 heavy (non-hydrogen) atoms. The largest absolute Gasteiger partial charge is 0.478 e. The number of hydrogen-bond donors (Lipinski definition) is 1. The smallest absolute Gasteiger partial charge is 0.333 e. The van der Waals surface area contributed by atoms with Gasteiger partial charge in [-0.3, -0.25) is 0 Å². The molecule has 0 saturated heterocycles. The average molecular weight is 198 g/mol. The van der Waals surface area contributed by atoms with Gasteiger partial charge in [0.25, 0.3) is 0 Å². The zero-order valence-corrected chi connectivity index (χ0v) is 8.37. The Morgan fingerprint density at radius 1 is 1.43 bits per heavy atom. The summed E-state index contributed by atoms with van der Waals surface area (Å²) in [5.74, 6) is -1.60. The number of ether oxygens (including phenoxy) is 1. The van der Waals surface area contributed by atoms with Gasteiger partial charge in [-0.2, -0.15) is 0 Å². The minimum atomic E-state index is -1.08. The average Bonchev–Trinajstić information content (AvgIpc) is 2.03. The Bertz CT molecular complexity index is 250. The molecule has 0 aliphatic heterocycles. The molecule has 0 aromatic carbocycles. The lowest BCUT2D eigenvalue weighted by Crippen LogP contribution is -2.17. The normalized spacial score (nSPS) is 11.6. The molecule has 0 saturated carbocycles. The van der Waals surface area contributed by atoms with Crippen LogP contribution in [0.15, 0.2) is 24.3 Å². The van der Waals surface area contributed by atoms with Crippen molar-refractivity contribution in [2.24, 2.45) is 0 Å². The highest BCUT2D eigenvalue weighted by Gasteiger charge is 2.14. The zero-order chi connectivity index (χ0) is 11.3. The quantitative estimate of drug-likeness (QED) is 0.537. The molecule has 0 aromatic rings. The van der Waals surface area contributed by atoms with Crippen LogP contribution in [0.3, 0.4) is 0 Å². The molecular weight excluding hydrogens is 184 g/mol. The van der Waals surface area contributed by atoms with Gasteiger partial charge >= 0.3 is 11.9 Å². The fourth-order valence-electron chi connectivity index (χ4n) is 0.759. The van der Waals surface area contributed by atoms with E-state index < -0.39 is 18.0 Å². The van der Waals surface area contributed by atoms with E-state index in [9.17, 15) is 9.59 Å². The van der Waals surface area contributed by atoms with Gasteiger partial charge in [0.05, 0.1) is 0 Å². The first-order valence-corrected chi connectivity index (χ1v) is 4.12. The SMILES string of the molecule is C=C(C)C(=O)OC(C)CC(=C)C(=O)O. The minimum absolute atomic E-state index is 0.0204. The van der Waals surface area contributed by atoms with Crippen molar-refractivity contribution in [3.8, 4) is 0 Å². The van der Waals surface area contributed by atoms with Crippen molar-refractivity contribution in [1.29, 1.82) is 0 Å². The third kappa shape index (κ3) is 4.45. The Balaban J connectivity index is 4.05. The van der Waals surface area contributed by atoms with Crippen LogP contribution in [-0.2, 0) is 14.3 Å². The van der Waals surface area contributed by atoms with Crippen LogP contribution in [0.2, 0.25) is 0 Å². The summed E-state index contributed by atoms with van der Waals surface area (Å²) in [7, 11) is 0. The number of carboxylic acids is 1.